The molecule has 0 amide bonds. The summed E-state index contributed by atoms with van der Waals surface area (Å²) in [5.41, 5.74) is 2.83. The first-order valence-electron chi connectivity index (χ1n) is 6.31. The molecule has 0 bridgehead atoms. The third-order valence-corrected chi connectivity index (χ3v) is 3.04. The quantitative estimate of drug-likeness (QED) is 0.669. The summed E-state index contributed by atoms with van der Waals surface area (Å²) in [7, 11) is 3.97. The smallest absolute Gasteiger partial charge is 0.292 e. The Morgan fingerprint density at radius 2 is 1.75 bits per heavy atom. The first-order valence-corrected chi connectivity index (χ1v) is 6.31. The highest BCUT2D eigenvalue weighted by Gasteiger charge is 2.11. The van der Waals surface area contributed by atoms with Crippen molar-refractivity contribution in [3.8, 4) is 0 Å². The van der Waals surface area contributed by atoms with Crippen molar-refractivity contribution in [1.29, 1.82) is 0 Å². The van der Waals surface area contributed by atoms with Gasteiger partial charge in [-0.05, 0) is 23.8 Å². The zero-order valence-corrected chi connectivity index (χ0v) is 11.5. The van der Waals surface area contributed by atoms with Gasteiger partial charge in [-0.3, -0.25) is 10.1 Å². The number of hydrogen-bond acceptors (Lipinski definition) is 4. The van der Waals surface area contributed by atoms with Gasteiger partial charge in [0.1, 0.15) is 5.69 Å². The summed E-state index contributed by atoms with van der Waals surface area (Å²) in [5.74, 6) is 0. The molecule has 0 saturated carbocycles. The molecule has 0 aromatic heterocycles. The molecule has 2 aromatic rings. The molecule has 0 spiro atoms. The maximum Gasteiger partial charge on any atom is 0.292 e. The normalized spacial score (nSPS) is 10.1. The van der Waals surface area contributed by atoms with Gasteiger partial charge in [0.2, 0.25) is 0 Å². The predicted molar refractivity (Wildman–Crippen MR) is 81.2 cm³/mol. The van der Waals surface area contributed by atoms with Crippen LogP contribution in [0, 0.1) is 10.1 Å². The minimum Gasteiger partial charge on any atom is -0.378 e. The van der Waals surface area contributed by atoms with Gasteiger partial charge in [-0.15, -0.1) is 0 Å². The maximum absolute atomic E-state index is 10.9. The highest BCUT2D eigenvalue weighted by Crippen LogP contribution is 2.24. The average Bonchev–Trinajstić information content (AvgIpc) is 2.45. The second-order valence-electron chi connectivity index (χ2n) is 4.69. The second-order valence-corrected chi connectivity index (χ2v) is 4.69. The van der Waals surface area contributed by atoms with E-state index >= 15 is 0 Å². The third-order valence-electron chi connectivity index (χ3n) is 3.04. The van der Waals surface area contributed by atoms with Crippen molar-refractivity contribution < 1.29 is 4.92 Å². The van der Waals surface area contributed by atoms with Crippen molar-refractivity contribution >= 4 is 17.1 Å². The molecule has 0 radical (unpaired) electrons. The molecule has 0 aliphatic heterocycles. The number of anilines is 2. The SMILES string of the molecule is CN(C)c1ccc(CNc2ccccc2[N+](=O)[O-])cc1. The summed E-state index contributed by atoms with van der Waals surface area (Å²) < 4.78 is 0. The third kappa shape index (κ3) is 3.26. The number of nitro groups is 1. The Kier molecular flexibility index (Phi) is 4.20. The second kappa shape index (κ2) is 6.06. The standard InChI is InChI=1S/C15H17N3O2/c1-17(2)13-9-7-12(8-10-13)11-16-14-5-3-4-6-15(14)18(19)20/h3-10,16H,11H2,1-2H3. The summed E-state index contributed by atoms with van der Waals surface area (Å²) >= 11 is 0. The Balaban J connectivity index is 2.07. The van der Waals surface area contributed by atoms with Gasteiger partial charge in [0.15, 0.2) is 0 Å². The molecule has 0 unspecified atom stereocenters. The highest BCUT2D eigenvalue weighted by atomic mass is 16.6. The molecule has 5 heteroatoms. The zero-order valence-electron chi connectivity index (χ0n) is 11.5. The van der Waals surface area contributed by atoms with Crippen LogP contribution in [0.4, 0.5) is 17.1 Å². The monoisotopic (exact) mass is 271 g/mol. The Morgan fingerprint density at radius 1 is 1.10 bits per heavy atom. The molecule has 0 saturated heterocycles. The fraction of sp³-hybridized carbons (Fsp3) is 0.200. The van der Waals surface area contributed by atoms with E-state index in [1.807, 2.05) is 43.3 Å². The largest absolute Gasteiger partial charge is 0.378 e. The van der Waals surface area contributed by atoms with Gasteiger partial charge in [0.25, 0.3) is 5.69 Å². The molecule has 0 aliphatic rings. The van der Waals surface area contributed by atoms with E-state index in [1.165, 1.54) is 6.07 Å². The van der Waals surface area contributed by atoms with E-state index in [4.69, 9.17) is 0 Å². The van der Waals surface area contributed by atoms with Crippen LogP contribution >= 0.6 is 0 Å². The van der Waals surface area contributed by atoms with E-state index in [2.05, 4.69) is 5.32 Å². The lowest BCUT2D eigenvalue weighted by Crippen LogP contribution is -2.08. The molecular weight excluding hydrogens is 254 g/mol. The van der Waals surface area contributed by atoms with Crippen molar-refractivity contribution in [2.75, 3.05) is 24.3 Å². The molecule has 5 nitrogen and oxygen atoms in total. The van der Waals surface area contributed by atoms with E-state index in [0.29, 0.717) is 12.2 Å². The van der Waals surface area contributed by atoms with Crippen molar-refractivity contribution in [3.63, 3.8) is 0 Å². The van der Waals surface area contributed by atoms with Crippen LogP contribution in [-0.4, -0.2) is 19.0 Å². The molecule has 104 valence electrons. The first kappa shape index (κ1) is 13.9. The van der Waals surface area contributed by atoms with Gasteiger partial charge in [-0.2, -0.15) is 0 Å². The topological polar surface area (TPSA) is 58.4 Å². The van der Waals surface area contributed by atoms with Gasteiger partial charge in [-0.25, -0.2) is 0 Å². The van der Waals surface area contributed by atoms with Crippen LogP contribution in [0.15, 0.2) is 48.5 Å². The van der Waals surface area contributed by atoms with Gasteiger partial charge >= 0.3 is 0 Å². The van der Waals surface area contributed by atoms with Crippen molar-refractivity contribution in [2.24, 2.45) is 0 Å². The Morgan fingerprint density at radius 3 is 2.35 bits per heavy atom. The predicted octanol–water partition coefficient (Wildman–Crippen LogP) is 3.27. The first-order chi connectivity index (χ1) is 9.58. The molecule has 0 aliphatic carbocycles. The lowest BCUT2D eigenvalue weighted by atomic mass is 10.2. The number of rotatable bonds is 5. The molecule has 0 fully saturated rings. The molecule has 2 aromatic carbocycles. The van der Waals surface area contributed by atoms with Gasteiger partial charge in [0.05, 0.1) is 4.92 Å². The van der Waals surface area contributed by atoms with Crippen molar-refractivity contribution in [1.82, 2.24) is 0 Å². The van der Waals surface area contributed by atoms with Gasteiger partial charge in [-0.1, -0.05) is 24.3 Å². The summed E-state index contributed by atoms with van der Waals surface area (Å²) in [6.45, 7) is 0.554. The Hall–Kier alpha value is -2.56. The number of nitrogens with zero attached hydrogens (tertiary/aromatic N) is 2. The average molecular weight is 271 g/mol. The molecule has 1 N–H and O–H groups in total. The van der Waals surface area contributed by atoms with E-state index in [9.17, 15) is 10.1 Å². The summed E-state index contributed by atoms with van der Waals surface area (Å²) in [6, 6.07) is 14.7. The molecule has 2 rings (SSSR count). The van der Waals surface area contributed by atoms with E-state index in [1.54, 1.807) is 18.2 Å². The van der Waals surface area contributed by atoms with Crippen LogP contribution in [-0.2, 0) is 6.54 Å². The summed E-state index contributed by atoms with van der Waals surface area (Å²) in [5, 5.41) is 14.0. The van der Waals surface area contributed by atoms with Crippen LogP contribution in [0.2, 0.25) is 0 Å². The lowest BCUT2D eigenvalue weighted by Gasteiger charge is -2.13. The molecule has 0 atom stereocenters. The van der Waals surface area contributed by atoms with Crippen LogP contribution in [0.25, 0.3) is 0 Å². The van der Waals surface area contributed by atoms with Crippen molar-refractivity contribution in [3.05, 3.63) is 64.2 Å². The molecule has 0 heterocycles. The number of para-hydroxylation sites is 2. The van der Waals surface area contributed by atoms with E-state index < -0.39 is 0 Å². The van der Waals surface area contributed by atoms with E-state index in [-0.39, 0.29) is 10.6 Å². The lowest BCUT2D eigenvalue weighted by molar-refractivity contribution is -0.384. The van der Waals surface area contributed by atoms with Crippen molar-refractivity contribution in [2.45, 2.75) is 6.54 Å². The molecule has 20 heavy (non-hydrogen) atoms. The Labute approximate surface area is 118 Å². The highest BCUT2D eigenvalue weighted by molar-refractivity contribution is 5.61. The van der Waals surface area contributed by atoms with Crippen LogP contribution in [0.1, 0.15) is 5.56 Å². The van der Waals surface area contributed by atoms with Gasteiger partial charge in [0, 0.05) is 32.4 Å². The minimum absolute atomic E-state index is 0.0948. The van der Waals surface area contributed by atoms with Crippen LogP contribution in [0.3, 0.4) is 0 Å². The summed E-state index contributed by atoms with van der Waals surface area (Å²) in [4.78, 5) is 12.6. The summed E-state index contributed by atoms with van der Waals surface area (Å²) in [6.07, 6.45) is 0. The van der Waals surface area contributed by atoms with Crippen LogP contribution in [0.5, 0.6) is 0 Å². The van der Waals surface area contributed by atoms with E-state index in [0.717, 1.165) is 11.3 Å². The molecular formula is C15H17N3O2. The number of nitrogens with one attached hydrogen (secondary N) is 1. The van der Waals surface area contributed by atoms with Crippen LogP contribution < -0.4 is 10.2 Å². The fourth-order valence-electron chi connectivity index (χ4n) is 1.89. The number of hydrogen-bond donors (Lipinski definition) is 1. The number of benzene rings is 2. The number of nitro benzene ring substituents is 1. The fourth-order valence-corrected chi connectivity index (χ4v) is 1.89. The minimum atomic E-state index is -0.378. The maximum atomic E-state index is 10.9. The Bertz CT molecular complexity index is 594. The van der Waals surface area contributed by atoms with Gasteiger partial charge < -0.3 is 10.2 Å². The zero-order chi connectivity index (χ0) is 14.5.